The van der Waals surface area contributed by atoms with E-state index in [2.05, 4.69) is 22.3 Å². The van der Waals surface area contributed by atoms with Crippen molar-refractivity contribution in [2.45, 2.75) is 57.5 Å². The standard InChI is InChI=1S/C13H23ClN4/c1-2-6-18-13(16-10-17-18)9-15-8-11-4-3-5-12(14)7-11/h10-12,15H,2-9H2,1H3. The predicted molar refractivity (Wildman–Crippen MR) is 73.6 cm³/mol. The Morgan fingerprint density at radius 1 is 1.50 bits per heavy atom. The van der Waals surface area contributed by atoms with Gasteiger partial charge in [0.2, 0.25) is 0 Å². The SMILES string of the molecule is CCCn1ncnc1CNCC1CCCC(Cl)C1. The highest BCUT2D eigenvalue weighted by molar-refractivity contribution is 6.20. The van der Waals surface area contributed by atoms with Crippen molar-refractivity contribution in [1.29, 1.82) is 0 Å². The lowest BCUT2D eigenvalue weighted by atomic mass is 9.89. The summed E-state index contributed by atoms with van der Waals surface area (Å²) in [4.78, 5) is 4.30. The van der Waals surface area contributed by atoms with Crippen LogP contribution in [0, 0.1) is 5.92 Å². The summed E-state index contributed by atoms with van der Waals surface area (Å²) < 4.78 is 1.98. The van der Waals surface area contributed by atoms with Gasteiger partial charge in [-0.3, -0.25) is 0 Å². The molecule has 2 atom stereocenters. The topological polar surface area (TPSA) is 42.7 Å². The summed E-state index contributed by atoms with van der Waals surface area (Å²) in [5.74, 6) is 1.76. The van der Waals surface area contributed by atoms with E-state index in [0.29, 0.717) is 5.38 Å². The van der Waals surface area contributed by atoms with Gasteiger partial charge in [0.1, 0.15) is 12.2 Å². The van der Waals surface area contributed by atoms with E-state index in [1.807, 2.05) is 4.68 Å². The molecule has 1 N–H and O–H groups in total. The van der Waals surface area contributed by atoms with Gasteiger partial charge < -0.3 is 5.32 Å². The molecule has 18 heavy (non-hydrogen) atoms. The fourth-order valence-corrected chi connectivity index (χ4v) is 3.03. The Labute approximate surface area is 114 Å². The maximum Gasteiger partial charge on any atom is 0.140 e. The van der Waals surface area contributed by atoms with Gasteiger partial charge in [0.05, 0.1) is 6.54 Å². The van der Waals surface area contributed by atoms with Crippen molar-refractivity contribution < 1.29 is 0 Å². The molecule has 2 unspecified atom stereocenters. The first-order chi connectivity index (χ1) is 8.79. The first-order valence-electron chi connectivity index (χ1n) is 7.01. The molecule has 0 aliphatic heterocycles. The molecule has 0 saturated heterocycles. The molecule has 102 valence electrons. The maximum absolute atomic E-state index is 6.20. The van der Waals surface area contributed by atoms with Gasteiger partial charge in [0.25, 0.3) is 0 Å². The Morgan fingerprint density at radius 2 is 2.39 bits per heavy atom. The average molecular weight is 271 g/mol. The first kappa shape index (κ1) is 13.8. The lowest BCUT2D eigenvalue weighted by molar-refractivity contribution is 0.343. The van der Waals surface area contributed by atoms with Crippen molar-refractivity contribution >= 4 is 11.6 Å². The molecule has 0 spiro atoms. The quantitative estimate of drug-likeness (QED) is 0.808. The molecule has 0 amide bonds. The molecule has 5 heteroatoms. The van der Waals surface area contributed by atoms with Crippen LogP contribution in [0.15, 0.2) is 6.33 Å². The van der Waals surface area contributed by atoms with Gasteiger partial charge in [-0.25, -0.2) is 9.67 Å². The summed E-state index contributed by atoms with van der Waals surface area (Å²) in [6, 6.07) is 0. The van der Waals surface area contributed by atoms with E-state index in [0.717, 1.165) is 44.2 Å². The fourth-order valence-electron chi connectivity index (χ4n) is 2.62. The van der Waals surface area contributed by atoms with E-state index < -0.39 is 0 Å². The second-order valence-corrected chi connectivity index (χ2v) is 5.78. The van der Waals surface area contributed by atoms with Crippen LogP contribution in [0.25, 0.3) is 0 Å². The third-order valence-electron chi connectivity index (χ3n) is 3.57. The number of hydrogen-bond donors (Lipinski definition) is 1. The number of halogens is 1. The lowest BCUT2D eigenvalue weighted by Crippen LogP contribution is -2.28. The lowest BCUT2D eigenvalue weighted by Gasteiger charge is -2.25. The van der Waals surface area contributed by atoms with E-state index in [9.17, 15) is 0 Å². The summed E-state index contributed by atoms with van der Waals surface area (Å²) in [5, 5.41) is 8.11. The third-order valence-corrected chi connectivity index (χ3v) is 3.96. The highest BCUT2D eigenvalue weighted by atomic mass is 35.5. The molecular weight excluding hydrogens is 248 g/mol. The fraction of sp³-hybridized carbons (Fsp3) is 0.846. The number of alkyl halides is 1. The van der Waals surface area contributed by atoms with Gasteiger partial charge in [-0.1, -0.05) is 13.3 Å². The minimum absolute atomic E-state index is 0.384. The molecule has 0 aromatic carbocycles. The zero-order valence-electron chi connectivity index (χ0n) is 11.1. The van der Waals surface area contributed by atoms with Gasteiger partial charge in [-0.05, 0) is 38.1 Å². The molecule has 1 aromatic rings. The number of aryl methyl sites for hydroxylation is 1. The maximum atomic E-state index is 6.20. The van der Waals surface area contributed by atoms with Crippen LogP contribution in [0.2, 0.25) is 0 Å². The molecule has 1 fully saturated rings. The van der Waals surface area contributed by atoms with E-state index in [1.54, 1.807) is 6.33 Å². The van der Waals surface area contributed by atoms with E-state index in [1.165, 1.54) is 19.3 Å². The number of nitrogens with one attached hydrogen (secondary N) is 1. The van der Waals surface area contributed by atoms with E-state index >= 15 is 0 Å². The van der Waals surface area contributed by atoms with Gasteiger partial charge >= 0.3 is 0 Å². The number of aromatic nitrogens is 3. The van der Waals surface area contributed by atoms with Crippen LogP contribution in [0.5, 0.6) is 0 Å². The van der Waals surface area contributed by atoms with Gasteiger partial charge in [-0.2, -0.15) is 5.10 Å². The van der Waals surface area contributed by atoms with Crippen LogP contribution in [0.4, 0.5) is 0 Å². The number of hydrogen-bond acceptors (Lipinski definition) is 3. The second kappa shape index (κ2) is 7.10. The van der Waals surface area contributed by atoms with Crippen LogP contribution in [-0.4, -0.2) is 26.7 Å². The minimum Gasteiger partial charge on any atom is -0.310 e. The molecule has 1 aliphatic rings. The van der Waals surface area contributed by atoms with Crippen LogP contribution < -0.4 is 5.32 Å². The Hall–Kier alpha value is -0.610. The van der Waals surface area contributed by atoms with Gasteiger partial charge in [0, 0.05) is 11.9 Å². The highest BCUT2D eigenvalue weighted by Gasteiger charge is 2.19. The normalized spacial score (nSPS) is 24.3. The van der Waals surface area contributed by atoms with Crippen molar-refractivity contribution in [2.24, 2.45) is 5.92 Å². The van der Waals surface area contributed by atoms with Crippen LogP contribution >= 0.6 is 11.6 Å². The summed E-state index contributed by atoms with van der Waals surface area (Å²) in [6.07, 6.45) is 7.64. The minimum atomic E-state index is 0.384. The van der Waals surface area contributed by atoms with Crippen LogP contribution in [-0.2, 0) is 13.1 Å². The summed E-state index contributed by atoms with van der Waals surface area (Å²) in [7, 11) is 0. The highest BCUT2D eigenvalue weighted by Crippen LogP contribution is 2.27. The number of rotatable bonds is 6. The molecule has 2 rings (SSSR count). The molecule has 0 radical (unpaired) electrons. The second-order valence-electron chi connectivity index (χ2n) is 5.16. The molecule has 0 bridgehead atoms. The smallest absolute Gasteiger partial charge is 0.140 e. The zero-order chi connectivity index (χ0) is 12.8. The van der Waals surface area contributed by atoms with E-state index in [-0.39, 0.29) is 0 Å². The van der Waals surface area contributed by atoms with Crippen molar-refractivity contribution in [3.05, 3.63) is 12.2 Å². The first-order valence-corrected chi connectivity index (χ1v) is 7.44. The predicted octanol–water partition coefficient (Wildman–Crippen LogP) is 2.58. The van der Waals surface area contributed by atoms with Crippen molar-refractivity contribution in [1.82, 2.24) is 20.1 Å². The van der Waals surface area contributed by atoms with Gasteiger partial charge in [-0.15, -0.1) is 11.6 Å². The Bertz CT molecular complexity index is 353. The zero-order valence-corrected chi connectivity index (χ0v) is 11.9. The summed E-state index contributed by atoms with van der Waals surface area (Å²) >= 11 is 6.20. The summed E-state index contributed by atoms with van der Waals surface area (Å²) in [6.45, 7) is 4.96. The molecule has 1 saturated carbocycles. The molecular formula is C13H23ClN4. The third kappa shape index (κ3) is 3.95. The van der Waals surface area contributed by atoms with Crippen LogP contribution in [0.3, 0.4) is 0 Å². The average Bonchev–Trinajstić information content (AvgIpc) is 2.78. The van der Waals surface area contributed by atoms with Crippen LogP contribution in [0.1, 0.15) is 44.9 Å². The Morgan fingerprint density at radius 3 is 3.17 bits per heavy atom. The molecule has 1 aromatic heterocycles. The van der Waals surface area contributed by atoms with E-state index in [4.69, 9.17) is 11.6 Å². The Kier molecular flexibility index (Phi) is 5.45. The summed E-state index contributed by atoms with van der Waals surface area (Å²) in [5.41, 5.74) is 0. The largest absolute Gasteiger partial charge is 0.310 e. The van der Waals surface area contributed by atoms with Crippen molar-refractivity contribution in [2.75, 3.05) is 6.54 Å². The van der Waals surface area contributed by atoms with Crippen molar-refractivity contribution in [3.8, 4) is 0 Å². The Balaban J connectivity index is 1.72. The molecule has 4 nitrogen and oxygen atoms in total. The van der Waals surface area contributed by atoms with Gasteiger partial charge in [0.15, 0.2) is 0 Å². The van der Waals surface area contributed by atoms with Crippen molar-refractivity contribution in [3.63, 3.8) is 0 Å². The molecule has 1 aliphatic carbocycles. The molecule has 1 heterocycles. The number of nitrogens with zero attached hydrogens (tertiary/aromatic N) is 3. The monoisotopic (exact) mass is 270 g/mol.